The maximum absolute atomic E-state index is 14.6. The number of aromatic nitrogens is 4. The van der Waals surface area contributed by atoms with E-state index in [9.17, 15) is 28.8 Å². The van der Waals surface area contributed by atoms with E-state index < -0.39 is 58.9 Å². The van der Waals surface area contributed by atoms with Crippen molar-refractivity contribution < 1.29 is 52.5 Å². The summed E-state index contributed by atoms with van der Waals surface area (Å²) in [5.41, 5.74) is 7.08. The van der Waals surface area contributed by atoms with Gasteiger partial charge in [0.2, 0.25) is 23.6 Å². The monoisotopic (exact) mass is 1240 g/mol. The first-order valence-corrected chi connectivity index (χ1v) is 31.7. The van der Waals surface area contributed by atoms with E-state index in [0.29, 0.717) is 29.5 Å². The molecule has 0 unspecified atom stereocenters. The van der Waals surface area contributed by atoms with Crippen LogP contribution in [0.5, 0.6) is 0 Å². The molecule has 86 heavy (non-hydrogen) atoms. The Morgan fingerprint density at radius 2 is 1.40 bits per heavy atom. The number of carbonyl (C=O) groups excluding carboxylic acids is 6. The number of unbranched alkanes of at least 4 members (excludes halogenated alkanes) is 5. The molecular formula is C63H84ClN9O11S2. The van der Waals surface area contributed by atoms with Crippen LogP contribution < -0.4 is 16.0 Å². The number of hydrogen-bond acceptors (Lipinski definition) is 17. The summed E-state index contributed by atoms with van der Waals surface area (Å²) in [5, 5.41) is 19.2. The molecule has 2 aliphatic rings. The second-order valence-corrected chi connectivity index (χ2v) is 26.3. The van der Waals surface area contributed by atoms with Crippen LogP contribution in [0.1, 0.15) is 156 Å². The maximum Gasteiger partial charge on any atom is 0.306 e. The van der Waals surface area contributed by atoms with Crippen LogP contribution in [0.4, 0.5) is 0 Å². The van der Waals surface area contributed by atoms with Crippen LogP contribution in [-0.4, -0.2) is 142 Å². The highest BCUT2D eigenvalue weighted by Crippen LogP contribution is 2.40. The van der Waals surface area contributed by atoms with Crippen molar-refractivity contribution in [2.24, 2.45) is 10.4 Å². The highest BCUT2D eigenvalue weighted by Gasteiger charge is 2.46. The average Bonchev–Trinajstić information content (AvgIpc) is 1.69. The van der Waals surface area contributed by atoms with Crippen LogP contribution in [0.3, 0.4) is 0 Å². The van der Waals surface area contributed by atoms with Gasteiger partial charge in [-0.2, -0.15) is 0 Å². The molecule has 0 saturated carbocycles. The number of aliphatic imine (C=N–C) groups is 1. The minimum Gasteiger partial charge on any atom is -0.460 e. The number of ether oxygens (including phenoxy) is 5. The van der Waals surface area contributed by atoms with Gasteiger partial charge in [0.25, 0.3) is 0 Å². The van der Waals surface area contributed by atoms with Gasteiger partial charge in [-0.25, -0.2) is 4.98 Å². The van der Waals surface area contributed by atoms with Crippen molar-refractivity contribution >= 4 is 75.6 Å². The van der Waals surface area contributed by atoms with E-state index in [0.717, 1.165) is 86.1 Å². The predicted octanol–water partition coefficient (Wildman–Crippen LogP) is 9.61. The maximum atomic E-state index is 14.6. The topological polar surface area (TPSA) is 244 Å². The fourth-order valence-corrected chi connectivity index (χ4v) is 12.3. The van der Waals surface area contributed by atoms with E-state index in [1.807, 2.05) is 108 Å². The van der Waals surface area contributed by atoms with Gasteiger partial charge in [-0.05, 0) is 95.5 Å². The summed E-state index contributed by atoms with van der Waals surface area (Å²) < 4.78 is 30.3. The molecule has 0 radical (unpaired) electrons. The van der Waals surface area contributed by atoms with Gasteiger partial charge in [0.1, 0.15) is 47.3 Å². The predicted molar refractivity (Wildman–Crippen MR) is 332 cm³/mol. The molecule has 1 saturated heterocycles. The molecule has 5 aromatic rings. The van der Waals surface area contributed by atoms with Crippen molar-refractivity contribution in [2.75, 3.05) is 52.7 Å². The number of esters is 2. The summed E-state index contributed by atoms with van der Waals surface area (Å²) in [6.07, 6.45) is 4.86. The molecule has 1 fully saturated rings. The molecule has 23 heteroatoms. The van der Waals surface area contributed by atoms with Gasteiger partial charge in [-0.3, -0.25) is 38.3 Å². The first kappa shape index (κ1) is 67.1. The van der Waals surface area contributed by atoms with Crippen molar-refractivity contribution in [3.63, 3.8) is 0 Å². The summed E-state index contributed by atoms with van der Waals surface area (Å²) in [7, 11) is 0. The molecule has 0 bridgehead atoms. The fraction of sp³-hybridized carbons (Fsp3) is 0.556. The van der Waals surface area contributed by atoms with Gasteiger partial charge >= 0.3 is 11.9 Å². The molecule has 0 aliphatic carbocycles. The third kappa shape index (κ3) is 19.3. The Hall–Kier alpha value is -6.43. The van der Waals surface area contributed by atoms with Crippen molar-refractivity contribution in [3.05, 3.63) is 104 Å². The molecule has 20 nitrogen and oxygen atoms in total. The van der Waals surface area contributed by atoms with Crippen LogP contribution in [-0.2, 0) is 59.0 Å². The van der Waals surface area contributed by atoms with Crippen LogP contribution in [0.25, 0.3) is 15.4 Å². The summed E-state index contributed by atoms with van der Waals surface area (Å²) in [5.74, 6) is -0.941. The van der Waals surface area contributed by atoms with E-state index >= 15 is 0 Å². The van der Waals surface area contributed by atoms with Crippen molar-refractivity contribution in [1.29, 1.82) is 0 Å². The van der Waals surface area contributed by atoms with Crippen LogP contribution >= 0.6 is 34.3 Å². The Morgan fingerprint density at radius 3 is 2.05 bits per heavy atom. The highest BCUT2D eigenvalue weighted by atomic mass is 35.5. The second kappa shape index (κ2) is 31.5. The quantitative estimate of drug-likeness (QED) is 0.0286. The van der Waals surface area contributed by atoms with E-state index in [1.165, 1.54) is 4.90 Å². The first-order chi connectivity index (χ1) is 41.0. The molecule has 7 rings (SSSR count). The Kier molecular flexibility index (Phi) is 24.5. The van der Waals surface area contributed by atoms with Gasteiger partial charge in [0, 0.05) is 53.4 Å². The zero-order valence-electron chi connectivity index (χ0n) is 51.3. The molecular weight excluding hydrogens is 1160 g/mol. The molecule has 5 heterocycles. The van der Waals surface area contributed by atoms with E-state index in [1.54, 1.807) is 28.2 Å². The van der Waals surface area contributed by atoms with E-state index in [2.05, 4.69) is 45.0 Å². The zero-order valence-corrected chi connectivity index (χ0v) is 53.7. The number of fused-ring (bicyclic) bond motifs is 3. The third-order valence-electron chi connectivity index (χ3n) is 14.7. The SMILES string of the molecule is Cc1ncsc1-c1ccc(CNC(=O)[C@@H]2C[C@@H](OC(=O)CCCCCCCCC(=O)OC(C)(C)C)CN2C(=O)[C@@H](NC(=O)COCCOCCOCCNC(=O)C[C@@H]2N=C(c3ccc(Cl)cc3)c3c(sc(C)c3C)-n3c(C)nnc32)C(C)(C)C)cc1. The number of hydrogen-bond donors (Lipinski definition) is 3. The van der Waals surface area contributed by atoms with Gasteiger partial charge in [0.15, 0.2) is 5.82 Å². The van der Waals surface area contributed by atoms with Gasteiger partial charge in [-0.15, -0.1) is 32.9 Å². The van der Waals surface area contributed by atoms with Crippen molar-refractivity contribution in [2.45, 2.75) is 170 Å². The fourth-order valence-electron chi connectivity index (χ4n) is 10.2. The summed E-state index contributed by atoms with van der Waals surface area (Å²) in [6, 6.07) is 12.7. The Bertz CT molecular complexity index is 3150. The number of rotatable bonds is 30. The molecule has 2 aromatic carbocycles. The van der Waals surface area contributed by atoms with Crippen molar-refractivity contribution in [3.8, 4) is 15.4 Å². The second-order valence-electron chi connectivity index (χ2n) is 23.8. The molecule has 3 N–H and O–H groups in total. The molecule has 2 aliphatic heterocycles. The Morgan fingerprint density at radius 1 is 0.756 bits per heavy atom. The lowest BCUT2D eigenvalue weighted by molar-refractivity contribution is -0.155. The number of carbonyl (C=O) groups is 6. The smallest absolute Gasteiger partial charge is 0.306 e. The standard InChI is InChI=1S/C63H84ClN9O11S2/c1-39-41(3)86-61-54(39)55(44-23-25-46(64)26-24-44)68-48(58-71-70-42(4)73(58)61)34-50(74)65-27-28-80-29-30-81-31-32-82-37-51(75)69-57(62(5,6)7)60(79)72-36-47(83-52(76)17-15-13-11-12-14-16-18-53(77)84-63(8,9)10)33-49(72)59(78)66-35-43-19-21-45(22-20-43)56-40(2)67-38-85-56/h19-26,38,47-49,57H,11-18,27-37H2,1-10H3,(H,65,74)(H,66,78)(H,69,75)/t47-,48+,49+,57-/m1/s1. The number of amides is 4. The zero-order chi connectivity index (χ0) is 62.1. The lowest BCUT2D eigenvalue weighted by Crippen LogP contribution is -2.58. The summed E-state index contributed by atoms with van der Waals surface area (Å²) in [4.78, 5) is 93.9. The lowest BCUT2D eigenvalue weighted by atomic mass is 9.85. The normalized spacial score (nSPS) is 16.2. The van der Waals surface area contributed by atoms with Crippen LogP contribution in [0, 0.1) is 33.1 Å². The number of thiophene rings is 1. The van der Waals surface area contributed by atoms with Crippen LogP contribution in [0.15, 0.2) is 59.0 Å². The van der Waals surface area contributed by atoms with Crippen molar-refractivity contribution in [1.82, 2.24) is 40.6 Å². The summed E-state index contributed by atoms with van der Waals surface area (Å²) in [6.45, 7) is 20.1. The highest BCUT2D eigenvalue weighted by molar-refractivity contribution is 7.15. The largest absolute Gasteiger partial charge is 0.460 e. The number of likely N-dealkylation sites (tertiary alicyclic amines) is 1. The van der Waals surface area contributed by atoms with Gasteiger partial charge in [-0.1, -0.05) is 94.5 Å². The Labute approximate surface area is 517 Å². The molecule has 4 amide bonds. The first-order valence-electron chi connectivity index (χ1n) is 29.6. The van der Waals surface area contributed by atoms with Gasteiger partial charge in [0.05, 0.1) is 67.8 Å². The number of halogens is 1. The third-order valence-corrected chi connectivity index (χ3v) is 17.1. The van der Waals surface area contributed by atoms with E-state index in [-0.39, 0.29) is 90.4 Å². The van der Waals surface area contributed by atoms with Gasteiger partial charge < -0.3 is 44.5 Å². The number of benzene rings is 2. The van der Waals surface area contributed by atoms with E-state index in [4.69, 9.17) is 40.3 Å². The number of aryl methyl sites for hydroxylation is 3. The molecule has 4 atom stereocenters. The number of thiazole rings is 1. The molecule has 466 valence electrons. The average molecular weight is 1240 g/mol. The number of nitrogens with one attached hydrogen (secondary N) is 3. The minimum atomic E-state index is -1.05. The Balaban J connectivity index is 0.833. The lowest BCUT2D eigenvalue weighted by Gasteiger charge is -2.35. The minimum absolute atomic E-state index is 0.0248. The molecule has 0 spiro atoms. The summed E-state index contributed by atoms with van der Waals surface area (Å²) >= 11 is 9.46. The molecule has 3 aromatic heterocycles. The number of nitrogens with zero attached hydrogens (tertiary/aromatic N) is 6. The van der Waals surface area contributed by atoms with Crippen LogP contribution in [0.2, 0.25) is 5.02 Å².